The average Bonchev–Trinajstić information content (AvgIpc) is 1.64. The third kappa shape index (κ3) is 3.89. The van der Waals surface area contributed by atoms with Crippen LogP contribution in [0.25, 0.3) is 0 Å². The van der Waals surface area contributed by atoms with Crippen LogP contribution in [-0.2, 0) is 4.57 Å². The predicted octanol–water partition coefficient (Wildman–Crippen LogP) is 0.111. The molecule has 0 aliphatic carbocycles. The monoisotopic (exact) mass is 174 g/mol. The van der Waals surface area contributed by atoms with E-state index in [1.807, 2.05) is 0 Å². The van der Waals surface area contributed by atoms with E-state index in [1.54, 1.807) is 0 Å². The largest absolute Gasteiger partial charge is 0.396 e. The minimum atomic E-state index is -4.17. The van der Waals surface area contributed by atoms with E-state index in [0.717, 1.165) is 0 Å². The van der Waals surface area contributed by atoms with Gasteiger partial charge in [0.05, 0.1) is 0 Å². The molecule has 6 heteroatoms. The Morgan fingerprint density at radius 2 is 2.00 bits per heavy atom. The standard InChI is InChI=1S/C3H8ClO4P/c4-3(1-2-5)9(6,7)8/h3,5H,1-2H2,(H2,6,7,8). The van der Waals surface area contributed by atoms with Crippen molar-refractivity contribution in [3.05, 3.63) is 0 Å². The van der Waals surface area contributed by atoms with Crippen LogP contribution in [0.4, 0.5) is 0 Å². The summed E-state index contributed by atoms with van der Waals surface area (Å²) in [5, 5.41) is 6.92. The number of aliphatic hydroxyl groups excluding tert-OH is 1. The second kappa shape index (κ2) is 3.54. The summed E-state index contributed by atoms with van der Waals surface area (Å²) in [4.78, 5) is 16.6. The van der Waals surface area contributed by atoms with E-state index < -0.39 is 12.7 Å². The first-order valence-electron chi connectivity index (χ1n) is 2.28. The maximum Gasteiger partial charge on any atom is 0.343 e. The Morgan fingerprint density at radius 1 is 1.56 bits per heavy atom. The first kappa shape index (κ1) is 9.40. The molecular formula is C3H8ClO4P. The van der Waals surface area contributed by atoms with Crippen molar-refractivity contribution in [2.24, 2.45) is 0 Å². The van der Waals surface area contributed by atoms with Gasteiger partial charge in [-0.2, -0.15) is 0 Å². The van der Waals surface area contributed by atoms with E-state index in [9.17, 15) is 4.57 Å². The summed E-state index contributed by atoms with van der Waals surface area (Å²) in [7, 11) is -4.17. The Kier molecular flexibility index (Phi) is 3.70. The van der Waals surface area contributed by atoms with Gasteiger partial charge in [-0.15, -0.1) is 11.6 Å². The van der Waals surface area contributed by atoms with Crippen molar-refractivity contribution in [3.63, 3.8) is 0 Å². The molecule has 0 bridgehead atoms. The molecule has 56 valence electrons. The lowest BCUT2D eigenvalue weighted by Gasteiger charge is -2.07. The number of hydrogen-bond donors (Lipinski definition) is 3. The number of rotatable bonds is 3. The smallest absolute Gasteiger partial charge is 0.343 e. The van der Waals surface area contributed by atoms with Gasteiger partial charge in [-0.3, -0.25) is 4.57 Å². The van der Waals surface area contributed by atoms with Crippen LogP contribution >= 0.6 is 19.2 Å². The van der Waals surface area contributed by atoms with E-state index in [-0.39, 0.29) is 13.0 Å². The topological polar surface area (TPSA) is 77.8 Å². The molecule has 0 fully saturated rings. The molecular weight excluding hydrogens is 166 g/mol. The van der Waals surface area contributed by atoms with Crippen molar-refractivity contribution in [1.82, 2.24) is 0 Å². The van der Waals surface area contributed by atoms with Crippen LogP contribution in [0, 0.1) is 0 Å². The normalized spacial score (nSPS) is 15.6. The minimum Gasteiger partial charge on any atom is -0.396 e. The molecule has 0 aliphatic heterocycles. The van der Waals surface area contributed by atoms with Gasteiger partial charge in [-0.1, -0.05) is 0 Å². The summed E-state index contributed by atoms with van der Waals surface area (Å²) in [5.74, 6) is 0. The molecule has 0 aromatic rings. The third-order valence-corrected chi connectivity index (χ3v) is 2.70. The molecule has 0 radical (unpaired) electrons. The third-order valence-electron chi connectivity index (χ3n) is 0.732. The van der Waals surface area contributed by atoms with Crippen LogP contribution in [0.3, 0.4) is 0 Å². The second-order valence-electron chi connectivity index (χ2n) is 1.54. The highest BCUT2D eigenvalue weighted by Crippen LogP contribution is 2.44. The lowest BCUT2D eigenvalue weighted by Crippen LogP contribution is -2.01. The Bertz CT molecular complexity index is 121. The summed E-state index contributed by atoms with van der Waals surface area (Å²) in [6.07, 6.45) is -0.0775. The van der Waals surface area contributed by atoms with E-state index in [2.05, 4.69) is 0 Å². The minimum absolute atomic E-state index is 0.0775. The summed E-state index contributed by atoms with van der Waals surface area (Å²) >= 11 is 5.13. The van der Waals surface area contributed by atoms with E-state index in [0.29, 0.717) is 0 Å². The predicted molar refractivity (Wildman–Crippen MR) is 33.4 cm³/mol. The zero-order chi connectivity index (χ0) is 7.49. The van der Waals surface area contributed by atoms with Crippen LogP contribution in [0.5, 0.6) is 0 Å². The molecule has 0 amide bonds. The van der Waals surface area contributed by atoms with Crippen LogP contribution in [0.15, 0.2) is 0 Å². The van der Waals surface area contributed by atoms with E-state index >= 15 is 0 Å². The molecule has 4 nitrogen and oxygen atoms in total. The molecule has 0 heterocycles. The SMILES string of the molecule is O=P(O)(O)C(Cl)CCO. The molecule has 3 N–H and O–H groups in total. The highest BCUT2D eigenvalue weighted by molar-refractivity contribution is 7.54. The second-order valence-corrected chi connectivity index (χ2v) is 4.17. The van der Waals surface area contributed by atoms with Gasteiger partial charge in [-0.25, -0.2) is 0 Å². The van der Waals surface area contributed by atoms with Gasteiger partial charge in [0, 0.05) is 6.61 Å². The van der Waals surface area contributed by atoms with Crippen LogP contribution in [0.1, 0.15) is 6.42 Å². The lowest BCUT2D eigenvalue weighted by atomic mass is 10.5. The molecule has 0 rings (SSSR count). The zero-order valence-corrected chi connectivity index (χ0v) is 6.22. The fourth-order valence-electron chi connectivity index (χ4n) is 0.275. The highest BCUT2D eigenvalue weighted by Gasteiger charge is 2.25. The average molecular weight is 175 g/mol. The zero-order valence-electron chi connectivity index (χ0n) is 4.57. The van der Waals surface area contributed by atoms with Gasteiger partial charge in [0.2, 0.25) is 0 Å². The molecule has 1 atom stereocenters. The van der Waals surface area contributed by atoms with Gasteiger partial charge in [0.15, 0.2) is 0 Å². The first-order valence-corrected chi connectivity index (χ1v) is 4.40. The summed E-state index contributed by atoms with van der Waals surface area (Å²) in [6.45, 7) is -0.306. The Labute approximate surface area is 57.6 Å². The van der Waals surface area contributed by atoms with Gasteiger partial charge in [-0.05, 0) is 6.42 Å². The fourth-order valence-corrected chi connectivity index (χ4v) is 0.824. The fraction of sp³-hybridized carbons (Fsp3) is 1.00. The number of aliphatic hydroxyl groups is 1. The lowest BCUT2D eigenvalue weighted by molar-refractivity contribution is 0.284. The molecule has 9 heavy (non-hydrogen) atoms. The van der Waals surface area contributed by atoms with Gasteiger partial charge in [0.25, 0.3) is 0 Å². The van der Waals surface area contributed by atoms with Gasteiger partial charge >= 0.3 is 7.60 Å². The molecule has 0 saturated heterocycles. The maximum absolute atomic E-state index is 10.2. The molecule has 0 aromatic carbocycles. The molecule has 0 spiro atoms. The van der Waals surface area contributed by atoms with Crippen LogP contribution < -0.4 is 0 Å². The quantitative estimate of drug-likeness (QED) is 0.419. The first-order chi connectivity index (χ1) is 3.98. The van der Waals surface area contributed by atoms with Crippen molar-refractivity contribution in [2.75, 3.05) is 6.61 Å². The van der Waals surface area contributed by atoms with Crippen molar-refractivity contribution >= 4 is 19.2 Å². The summed E-state index contributed by atoms with van der Waals surface area (Å²) in [5.41, 5.74) is 0. The summed E-state index contributed by atoms with van der Waals surface area (Å²) in [6, 6.07) is 0. The Balaban J connectivity index is 3.74. The molecule has 1 unspecified atom stereocenters. The Morgan fingerprint density at radius 3 is 2.11 bits per heavy atom. The molecule has 0 aliphatic rings. The van der Waals surface area contributed by atoms with Crippen molar-refractivity contribution in [3.8, 4) is 0 Å². The maximum atomic E-state index is 10.2. The summed E-state index contributed by atoms with van der Waals surface area (Å²) < 4.78 is 10.2. The Hall–Kier alpha value is 0.400. The van der Waals surface area contributed by atoms with Crippen molar-refractivity contribution in [1.29, 1.82) is 0 Å². The molecule has 0 aromatic heterocycles. The molecule has 0 saturated carbocycles. The van der Waals surface area contributed by atoms with E-state index in [4.69, 9.17) is 26.5 Å². The van der Waals surface area contributed by atoms with Gasteiger partial charge < -0.3 is 14.9 Å². The van der Waals surface area contributed by atoms with Crippen LogP contribution in [0.2, 0.25) is 0 Å². The van der Waals surface area contributed by atoms with Crippen molar-refractivity contribution < 1.29 is 19.5 Å². The number of halogens is 1. The van der Waals surface area contributed by atoms with E-state index in [1.165, 1.54) is 0 Å². The number of hydrogen-bond acceptors (Lipinski definition) is 2. The van der Waals surface area contributed by atoms with Crippen LogP contribution in [-0.4, -0.2) is 26.6 Å². The van der Waals surface area contributed by atoms with Crippen molar-refractivity contribution in [2.45, 2.75) is 11.5 Å². The highest BCUT2D eigenvalue weighted by atomic mass is 35.5. The van der Waals surface area contributed by atoms with Gasteiger partial charge in [0.1, 0.15) is 5.12 Å². The number of alkyl halides is 1.